The number of fused-ring (bicyclic) bond motifs is 1. The van der Waals surface area contributed by atoms with Crippen molar-refractivity contribution in [1.82, 2.24) is 19.2 Å². The predicted octanol–water partition coefficient (Wildman–Crippen LogP) is 2.90. The molecule has 2 aromatic rings. The van der Waals surface area contributed by atoms with Crippen LogP contribution < -0.4 is 0 Å². The minimum absolute atomic E-state index is 0.0304. The SMILES string of the molecule is Cc1cc2nc(C3CCCCN3C(=O)C3CCN(S(C)(=O)=O)CC3)[nH]c2cc1C. The molecule has 158 valence electrons. The molecule has 4 rings (SSSR count). The van der Waals surface area contributed by atoms with Gasteiger partial charge in [-0.05, 0) is 69.2 Å². The average molecular weight is 419 g/mol. The molecule has 1 amide bonds. The van der Waals surface area contributed by atoms with Crippen LogP contribution in [0.4, 0.5) is 0 Å². The summed E-state index contributed by atoms with van der Waals surface area (Å²) in [5, 5.41) is 0. The zero-order valence-electron chi connectivity index (χ0n) is 17.4. The molecule has 2 saturated heterocycles. The van der Waals surface area contributed by atoms with E-state index in [0.29, 0.717) is 25.9 Å². The van der Waals surface area contributed by atoms with Crippen molar-refractivity contribution in [2.24, 2.45) is 5.92 Å². The fraction of sp³-hybridized carbons (Fsp3) is 0.619. The van der Waals surface area contributed by atoms with E-state index in [2.05, 4.69) is 31.0 Å². The van der Waals surface area contributed by atoms with Gasteiger partial charge in [0.25, 0.3) is 0 Å². The average Bonchev–Trinajstić information content (AvgIpc) is 3.09. The molecule has 8 heteroatoms. The number of nitrogens with one attached hydrogen (secondary N) is 1. The van der Waals surface area contributed by atoms with Gasteiger partial charge in [0.15, 0.2) is 0 Å². The molecule has 1 atom stereocenters. The summed E-state index contributed by atoms with van der Waals surface area (Å²) in [5.41, 5.74) is 4.40. The third kappa shape index (κ3) is 4.05. The van der Waals surface area contributed by atoms with Crippen molar-refractivity contribution in [3.63, 3.8) is 0 Å². The number of H-pyrrole nitrogens is 1. The van der Waals surface area contributed by atoms with Crippen LogP contribution in [0.15, 0.2) is 12.1 Å². The van der Waals surface area contributed by atoms with Crippen molar-refractivity contribution in [1.29, 1.82) is 0 Å². The largest absolute Gasteiger partial charge is 0.340 e. The molecule has 3 heterocycles. The number of nitrogens with zero attached hydrogens (tertiary/aromatic N) is 3. The quantitative estimate of drug-likeness (QED) is 0.830. The molecule has 1 aromatic heterocycles. The second-order valence-corrected chi connectivity index (χ2v) is 10.5. The number of hydrogen-bond donors (Lipinski definition) is 1. The lowest BCUT2D eigenvalue weighted by Gasteiger charge is -2.38. The number of hydrogen-bond acceptors (Lipinski definition) is 4. The van der Waals surface area contributed by atoms with Crippen LogP contribution in [0, 0.1) is 19.8 Å². The van der Waals surface area contributed by atoms with E-state index in [0.717, 1.165) is 42.7 Å². The van der Waals surface area contributed by atoms with E-state index in [1.165, 1.54) is 21.7 Å². The second kappa shape index (κ2) is 7.72. The molecule has 0 aliphatic carbocycles. The summed E-state index contributed by atoms with van der Waals surface area (Å²) in [6.07, 6.45) is 5.41. The number of carbonyl (C=O) groups excluding carboxylic acids is 1. The Balaban J connectivity index is 1.54. The number of carbonyl (C=O) groups is 1. The van der Waals surface area contributed by atoms with Crippen LogP contribution in [0.25, 0.3) is 11.0 Å². The minimum Gasteiger partial charge on any atom is -0.340 e. The number of amides is 1. The number of rotatable bonds is 3. The van der Waals surface area contributed by atoms with E-state index in [1.807, 2.05) is 4.90 Å². The van der Waals surface area contributed by atoms with Gasteiger partial charge in [-0.3, -0.25) is 4.79 Å². The van der Waals surface area contributed by atoms with Gasteiger partial charge in [0.1, 0.15) is 5.82 Å². The molecule has 7 nitrogen and oxygen atoms in total. The summed E-state index contributed by atoms with van der Waals surface area (Å²) in [6, 6.07) is 4.19. The number of aromatic nitrogens is 2. The first kappa shape index (κ1) is 20.3. The van der Waals surface area contributed by atoms with E-state index in [9.17, 15) is 13.2 Å². The Kier molecular flexibility index (Phi) is 5.42. The van der Waals surface area contributed by atoms with E-state index < -0.39 is 10.0 Å². The first-order valence-electron chi connectivity index (χ1n) is 10.5. The van der Waals surface area contributed by atoms with Crippen molar-refractivity contribution in [3.05, 3.63) is 29.1 Å². The van der Waals surface area contributed by atoms with Gasteiger partial charge in [0.2, 0.25) is 15.9 Å². The Labute approximate surface area is 172 Å². The van der Waals surface area contributed by atoms with Gasteiger partial charge in [-0.15, -0.1) is 0 Å². The standard InChI is InChI=1S/C21H30N4O3S/c1-14-12-17-18(13-15(14)2)23-20(22-17)19-6-4-5-9-25(19)21(26)16-7-10-24(11-8-16)29(3,27)28/h12-13,16,19H,4-11H2,1-3H3,(H,22,23). The number of imidazole rings is 1. The number of likely N-dealkylation sites (tertiary alicyclic amines) is 1. The van der Waals surface area contributed by atoms with E-state index >= 15 is 0 Å². The monoisotopic (exact) mass is 418 g/mol. The Hall–Kier alpha value is -1.93. The first-order chi connectivity index (χ1) is 13.7. The third-order valence-corrected chi connectivity index (χ3v) is 7.79. The van der Waals surface area contributed by atoms with Crippen molar-refractivity contribution >= 4 is 27.0 Å². The molecular weight excluding hydrogens is 388 g/mol. The maximum Gasteiger partial charge on any atom is 0.226 e. The second-order valence-electron chi connectivity index (χ2n) is 8.56. The van der Waals surface area contributed by atoms with E-state index in [4.69, 9.17) is 4.98 Å². The van der Waals surface area contributed by atoms with Gasteiger partial charge in [-0.1, -0.05) is 0 Å². The number of aromatic amines is 1. The third-order valence-electron chi connectivity index (χ3n) is 6.49. The lowest BCUT2D eigenvalue weighted by molar-refractivity contribution is -0.141. The lowest BCUT2D eigenvalue weighted by atomic mass is 9.93. The highest BCUT2D eigenvalue weighted by molar-refractivity contribution is 7.88. The molecule has 1 aromatic carbocycles. The number of aryl methyl sites for hydroxylation is 2. The number of sulfonamides is 1. The van der Waals surface area contributed by atoms with Gasteiger partial charge in [-0.2, -0.15) is 0 Å². The molecule has 1 unspecified atom stereocenters. The van der Waals surface area contributed by atoms with Crippen LogP contribution in [0.5, 0.6) is 0 Å². The Morgan fingerprint density at radius 2 is 1.76 bits per heavy atom. The highest BCUT2D eigenvalue weighted by Crippen LogP contribution is 2.34. The fourth-order valence-corrected chi connectivity index (χ4v) is 5.47. The highest BCUT2D eigenvalue weighted by atomic mass is 32.2. The Bertz CT molecular complexity index is 983. The molecular formula is C21H30N4O3S. The molecule has 2 aliphatic rings. The van der Waals surface area contributed by atoms with Crippen molar-refractivity contribution in [2.45, 2.75) is 52.0 Å². The van der Waals surface area contributed by atoms with Crippen LogP contribution >= 0.6 is 0 Å². The van der Waals surface area contributed by atoms with Crippen LogP contribution in [0.3, 0.4) is 0 Å². The maximum absolute atomic E-state index is 13.3. The first-order valence-corrected chi connectivity index (χ1v) is 12.3. The van der Waals surface area contributed by atoms with Gasteiger partial charge in [0.05, 0.1) is 23.3 Å². The van der Waals surface area contributed by atoms with Gasteiger partial charge >= 0.3 is 0 Å². The fourth-order valence-electron chi connectivity index (χ4n) is 4.60. The van der Waals surface area contributed by atoms with E-state index in [-0.39, 0.29) is 17.9 Å². The predicted molar refractivity (Wildman–Crippen MR) is 113 cm³/mol. The zero-order chi connectivity index (χ0) is 20.8. The number of piperidine rings is 2. The molecule has 2 fully saturated rings. The molecule has 0 saturated carbocycles. The molecule has 29 heavy (non-hydrogen) atoms. The van der Waals surface area contributed by atoms with Crippen LogP contribution in [-0.2, 0) is 14.8 Å². The number of benzene rings is 1. The maximum atomic E-state index is 13.3. The minimum atomic E-state index is -3.18. The normalized spacial score (nSPS) is 22.3. The van der Waals surface area contributed by atoms with Gasteiger partial charge in [0, 0.05) is 25.6 Å². The van der Waals surface area contributed by atoms with Gasteiger partial charge in [-0.25, -0.2) is 17.7 Å². The molecule has 1 N–H and O–H groups in total. The van der Waals surface area contributed by atoms with Crippen molar-refractivity contribution < 1.29 is 13.2 Å². The zero-order valence-corrected chi connectivity index (χ0v) is 18.3. The summed E-state index contributed by atoms with van der Waals surface area (Å²) >= 11 is 0. The van der Waals surface area contributed by atoms with Crippen molar-refractivity contribution in [2.75, 3.05) is 25.9 Å². The van der Waals surface area contributed by atoms with Crippen molar-refractivity contribution in [3.8, 4) is 0 Å². The van der Waals surface area contributed by atoms with Crippen LogP contribution in [0.2, 0.25) is 0 Å². The Morgan fingerprint density at radius 3 is 2.45 bits per heavy atom. The summed E-state index contributed by atoms with van der Waals surface area (Å²) in [4.78, 5) is 23.6. The Morgan fingerprint density at radius 1 is 1.07 bits per heavy atom. The van der Waals surface area contributed by atoms with Crippen LogP contribution in [0.1, 0.15) is 55.1 Å². The topological polar surface area (TPSA) is 86.4 Å². The smallest absolute Gasteiger partial charge is 0.226 e. The summed E-state index contributed by atoms with van der Waals surface area (Å²) in [6.45, 7) is 5.77. The van der Waals surface area contributed by atoms with Crippen LogP contribution in [-0.4, -0.2) is 59.4 Å². The highest BCUT2D eigenvalue weighted by Gasteiger charge is 2.36. The molecule has 2 aliphatic heterocycles. The summed E-state index contributed by atoms with van der Waals surface area (Å²) in [7, 11) is -3.18. The molecule has 0 bridgehead atoms. The molecule has 0 radical (unpaired) electrons. The molecule has 0 spiro atoms. The van der Waals surface area contributed by atoms with Gasteiger partial charge < -0.3 is 9.88 Å². The summed E-state index contributed by atoms with van der Waals surface area (Å²) < 4.78 is 25.0. The lowest BCUT2D eigenvalue weighted by Crippen LogP contribution is -2.46. The summed E-state index contributed by atoms with van der Waals surface area (Å²) in [5.74, 6) is 0.907. The van der Waals surface area contributed by atoms with E-state index in [1.54, 1.807) is 0 Å².